The van der Waals surface area contributed by atoms with Gasteiger partial charge in [0.05, 0.1) is 30.6 Å². The zero-order chi connectivity index (χ0) is 15.1. The molecular weight excluding hydrogens is 290 g/mol. The molecule has 5 heteroatoms. The van der Waals surface area contributed by atoms with E-state index >= 15 is 0 Å². The summed E-state index contributed by atoms with van der Waals surface area (Å²) in [5, 5.41) is 1.69. The predicted molar refractivity (Wildman–Crippen MR) is 84.8 cm³/mol. The van der Waals surface area contributed by atoms with E-state index in [0.717, 1.165) is 5.52 Å². The van der Waals surface area contributed by atoms with Gasteiger partial charge in [0.15, 0.2) is 0 Å². The third-order valence-electron chi connectivity index (χ3n) is 3.67. The van der Waals surface area contributed by atoms with Crippen molar-refractivity contribution in [2.24, 2.45) is 7.05 Å². The van der Waals surface area contributed by atoms with Crippen molar-refractivity contribution in [3.8, 4) is 11.5 Å². The van der Waals surface area contributed by atoms with Gasteiger partial charge in [0, 0.05) is 17.5 Å². The average Bonchev–Trinajstić information content (AvgIpc) is 2.50. The number of rotatable bonds is 2. The highest BCUT2D eigenvalue weighted by Gasteiger charge is 2.16. The number of methoxy groups -OCH3 is 2. The molecule has 0 bridgehead atoms. The van der Waals surface area contributed by atoms with Crippen molar-refractivity contribution in [3.63, 3.8) is 0 Å². The van der Waals surface area contributed by atoms with Gasteiger partial charge < -0.3 is 14.0 Å². The number of hydrogen-bond acceptors (Lipinski definition) is 3. The third kappa shape index (κ3) is 1.94. The van der Waals surface area contributed by atoms with Gasteiger partial charge in [0.2, 0.25) is 5.43 Å². The number of fused-ring (bicyclic) bond motifs is 2. The zero-order valence-corrected chi connectivity index (χ0v) is 12.7. The largest absolute Gasteiger partial charge is 0.496 e. The van der Waals surface area contributed by atoms with Gasteiger partial charge in [-0.3, -0.25) is 4.79 Å². The van der Waals surface area contributed by atoms with Crippen LogP contribution in [0.2, 0.25) is 5.02 Å². The Balaban J connectivity index is 2.67. The molecule has 0 unspecified atom stereocenters. The molecule has 0 atom stereocenters. The van der Waals surface area contributed by atoms with Gasteiger partial charge >= 0.3 is 0 Å². The molecule has 0 aliphatic carbocycles. The maximum Gasteiger partial charge on any atom is 0.201 e. The minimum atomic E-state index is -0.0921. The van der Waals surface area contributed by atoms with Gasteiger partial charge in [-0.1, -0.05) is 11.6 Å². The Labute approximate surface area is 126 Å². The quantitative estimate of drug-likeness (QED) is 0.682. The third-order valence-corrected chi connectivity index (χ3v) is 3.91. The van der Waals surface area contributed by atoms with Gasteiger partial charge in [0.25, 0.3) is 0 Å². The van der Waals surface area contributed by atoms with Crippen LogP contribution in [0.5, 0.6) is 11.5 Å². The smallest absolute Gasteiger partial charge is 0.201 e. The van der Waals surface area contributed by atoms with E-state index in [9.17, 15) is 4.79 Å². The van der Waals surface area contributed by atoms with E-state index in [1.165, 1.54) is 0 Å². The molecule has 21 heavy (non-hydrogen) atoms. The fourth-order valence-corrected chi connectivity index (χ4v) is 2.84. The molecule has 0 spiro atoms. The SMILES string of the molecule is COc1ccc(OC)c2c1c(=O)c1ccc(Cl)cc1n2C. The Hall–Kier alpha value is -2.20. The van der Waals surface area contributed by atoms with E-state index in [-0.39, 0.29) is 5.43 Å². The van der Waals surface area contributed by atoms with Crippen LogP contribution in [0.3, 0.4) is 0 Å². The molecule has 4 nitrogen and oxygen atoms in total. The minimum absolute atomic E-state index is 0.0921. The summed E-state index contributed by atoms with van der Waals surface area (Å²) in [7, 11) is 5.00. The monoisotopic (exact) mass is 303 g/mol. The fourth-order valence-electron chi connectivity index (χ4n) is 2.67. The Morgan fingerprint density at radius 1 is 1.05 bits per heavy atom. The summed E-state index contributed by atoms with van der Waals surface area (Å²) in [6.07, 6.45) is 0. The Kier molecular flexibility index (Phi) is 3.26. The molecular formula is C16H14ClNO3. The lowest BCUT2D eigenvalue weighted by Gasteiger charge is -2.15. The summed E-state index contributed by atoms with van der Waals surface area (Å²) in [6, 6.07) is 8.75. The van der Waals surface area contributed by atoms with Crippen LogP contribution in [0, 0.1) is 0 Å². The average molecular weight is 304 g/mol. The van der Waals surface area contributed by atoms with Crippen molar-refractivity contribution in [2.75, 3.05) is 14.2 Å². The van der Waals surface area contributed by atoms with Crippen LogP contribution in [-0.2, 0) is 7.05 Å². The molecule has 0 saturated heterocycles. The fraction of sp³-hybridized carbons (Fsp3) is 0.188. The molecule has 108 valence electrons. The van der Waals surface area contributed by atoms with Crippen LogP contribution in [-0.4, -0.2) is 18.8 Å². The molecule has 2 aromatic carbocycles. The summed E-state index contributed by atoms with van der Waals surface area (Å²) < 4.78 is 12.6. The van der Waals surface area contributed by atoms with Crippen LogP contribution in [0.25, 0.3) is 21.8 Å². The summed E-state index contributed by atoms with van der Waals surface area (Å²) >= 11 is 6.06. The van der Waals surface area contributed by atoms with Gasteiger partial charge in [-0.2, -0.15) is 0 Å². The van der Waals surface area contributed by atoms with Gasteiger partial charge in [-0.15, -0.1) is 0 Å². The lowest BCUT2D eigenvalue weighted by Crippen LogP contribution is -2.11. The predicted octanol–water partition coefficient (Wildman–Crippen LogP) is 3.36. The van der Waals surface area contributed by atoms with Crippen LogP contribution in [0.4, 0.5) is 0 Å². The zero-order valence-electron chi connectivity index (χ0n) is 11.9. The lowest BCUT2D eigenvalue weighted by molar-refractivity contribution is 0.409. The van der Waals surface area contributed by atoms with Gasteiger partial charge in [-0.25, -0.2) is 0 Å². The number of aryl methyl sites for hydroxylation is 1. The number of nitrogens with zero attached hydrogens (tertiary/aromatic N) is 1. The van der Waals surface area contributed by atoms with Gasteiger partial charge in [0.1, 0.15) is 11.5 Å². The Morgan fingerprint density at radius 2 is 1.71 bits per heavy atom. The molecule has 0 radical (unpaired) electrons. The molecule has 0 amide bonds. The number of benzene rings is 2. The summed E-state index contributed by atoms with van der Waals surface area (Å²) in [6.45, 7) is 0. The number of pyridine rings is 1. The number of aromatic nitrogens is 1. The second-order valence-electron chi connectivity index (χ2n) is 4.74. The normalized spacial score (nSPS) is 11.0. The topological polar surface area (TPSA) is 40.5 Å². The highest BCUT2D eigenvalue weighted by atomic mass is 35.5. The first-order chi connectivity index (χ1) is 10.1. The molecule has 0 saturated carbocycles. The molecule has 1 aromatic heterocycles. The van der Waals surface area contributed by atoms with Crippen LogP contribution >= 0.6 is 11.6 Å². The summed E-state index contributed by atoms with van der Waals surface area (Å²) in [4.78, 5) is 12.8. The standard InChI is InChI=1S/C16H14ClNO3/c1-18-11-8-9(17)4-5-10(11)16(19)14-12(20-2)6-7-13(21-3)15(14)18/h4-8H,1-3H3. The van der Waals surface area contributed by atoms with E-state index in [1.807, 2.05) is 11.6 Å². The van der Waals surface area contributed by atoms with E-state index < -0.39 is 0 Å². The maximum atomic E-state index is 12.8. The van der Waals surface area contributed by atoms with Crippen molar-refractivity contribution in [2.45, 2.75) is 0 Å². The molecule has 3 rings (SSSR count). The first-order valence-corrected chi connectivity index (χ1v) is 6.79. The van der Waals surface area contributed by atoms with E-state index in [2.05, 4.69) is 0 Å². The number of hydrogen-bond donors (Lipinski definition) is 0. The Bertz CT molecular complexity index is 915. The number of ether oxygens (including phenoxy) is 2. The van der Waals surface area contributed by atoms with Crippen molar-refractivity contribution in [1.29, 1.82) is 0 Å². The molecule has 0 N–H and O–H groups in total. The van der Waals surface area contributed by atoms with Crippen molar-refractivity contribution in [1.82, 2.24) is 4.57 Å². The second-order valence-corrected chi connectivity index (χ2v) is 5.18. The van der Waals surface area contributed by atoms with Crippen LogP contribution in [0.15, 0.2) is 35.1 Å². The highest BCUT2D eigenvalue weighted by Crippen LogP contribution is 2.33. The first kappa shape index (κ1) is 13.8. The van der Waals surface area contributed by atoms with Crippen LogP contribution in [0.1, 0.15) is 0 Å². The minimum Gasteiger partial charge on any atom is -0.496 e. The lowest BCUT2D eigenvalue weighted by atomic mass is 10.1. The van der Waals surface area contributed by atoms with E-state index in [4.69, 9.17) is 21.1 Å². The highest BCUT2D eigenvalue weighted by molar-refractivity contribution is 6.31. The number of halogens is 1. The summed E-state index contributed by atoms with van der Waals surface area (Å²) in [5.74, 6) is 1.15. The van der Waals surface area contributed by atoms with Gasteiger partial charge in [-0.05, 0) is 30.3 Å². The van der Waals surface area contributed by atoms with Crippen molar-refractivity contribution >= 4 is 33.4 Å². The van der Waals surface area contributed by atoms with E-state index in [0.29, 0.717) is 32.8 Å². The molecule has 1 heterocycles. The van der Waals surface area contributed by atoms with E-state index in [1.54, 1.807) is 44.6 Å². The maximum absolute atomic E-state index is 12.8. The summed E-state index contributed by atoms with van der Waals surface area (Å²) in [5.41, 5.74) is 1.36. The van der Waals surface area contributed by atoms with Crippen molar-refractivity contribution < 1.29 is 9.47 Å². The van der Waals surface area contributed by atoms with Crippen LogP contribution < -0.4 is 14.9 Å². The second kappa shape index (κ2) is 4.97. The first-order valence-electron chi connectivity index (χ1n) is 6.41. The van der Waals surface area contributed by atoms with Crippen molar-refractivity contribution in [3.05, 3.63) is 45.6 Å². The molecule has 3 aromatic rings. The Morgan fingerprint density at radius 3 is 2.38 bits per heavy atom. The molecule has 0 aliphatic heterocycles. The molecule has 0 fully saturated rings. The molecule has 0 aliphatic rings.